The lowest BCUT2D eigenvalue weighted by molar-refractivity contribution is -0.137. The molecular weight excluding hydrogens is 438 g/mol. The van der Waals surface area contributed by atoms with Gasteiger partial charge in [-0.25, -0.2) is 10.8 Å². The van der Waals surface area contributed by atoms with Gasteiger partial charge in [-0.1, -0.05) is 6.07 Å². The summed E-state index contributed by atoms with van der Waals surface area (Å²) in [5.74, 6) is 7.38. The van der Waals surface area contributed by atoms with E-state index < -0.39 is 5.97 Å². The van der Waals surface area contributed by atoms with Crippen molar-refractivity contribution >= 4 is 34.8 Å². The van der Waals surface area contributed by atoms with E-state index in [9.17, 15) is 4.79 Å². The highest BCUT2D eigenvalue weighted by atomic mass is 16.5. The fourth-order valence-corrected chi connectivity index (χ4v) is 2.94. The Morgan fingerprint density at radius 3 is 2.53 bits per heavy atom. The number of carbonyl (C=O) groups is 1. The Morgan fingerprint density at radius 2 is 1.79 bits per heavy atom. The summed E-state index contributed by atoms with van der Waals surface area (Å²) in [7, 11) is 0. The minimum Gasteiger partial charge on any atom is -0.494 e. The van der Waals surface area contributed by atoms with E-state index in [-0.39, 0.29) is 6.42 Å². The fourth-order valence-electron chi connectivity index (χ4n) is 2.94. The summed E-state index contributed by atoms with van der Waals surface area (Å²) in [6.45, 7) is 1.42. The van der Waals surface area contributed by atoms with Crippen molar-refractivity contribution in [3.05, 3.63) is 54.7 Å². The molecular formula is C23H29N7O4. The Labute approximate surface area is 197 Å². The van der Waals surface area contributed by atoms with Crippen molar-refractivity contribution in [3.8, 4) is 11.5 Å². The molecule has 11 nitrogen and oxygen atoms in total. The van der Waals surface area contributed by atoms with Crippen LogP contribution in [0.3, 0.4) is 0 Å². The van der Waals surface area contributed by atoms with Gasteiger partial charge in [-0.2, -0.15) is 4.98 Å². The van der Waals surface area contributed by atoms with Gasteiger partial charge >= 0.3 is 5.97 Å². The number of hydrogen-bond donors (Lipinski definition) is 5. The second-order valence-corrected chi connectivity index (χ2v) is 7.33. The van der Waals surface area contributed by atoms with Crippen LogP contribution in [0.2, 0.25) is 0 Å². The zero-order valence-electron chi connectivity index (χ0n) is 18.7. The molecule has 0 radical (unpaired) electrons. The smallest absolute Gasteiger partial charge is 0.303 e. The predicted octanol–water partition coefficient (Wildman–Crippen LogP) is 2.79. The van der Waals surface area contributed by atoms with E-state index in [1.807, 2.05) is 24.3 Å². The van der Waals surface area contributed by atoms with Gasteiger partial charge in [0.1, 0.15) is 11.5 Å². The summed E-state index contributed by atoms with van der Waals surface area (Å²) in [6, 6.07) is 14.4. The average Bonchev–Trinajstić information content (AvgIpc) is 2.83. The maximum atomic E-state index is 10.6. The summed E-state index contributed by atoms with van der Waals surface area (Å²) < 4.78 is 11.2. The van der Waals surface area contributed by atoms with Gasteiger partial charge < -0.3 is 31.4 Å². The van der Waals surface area contributed by atoms with E-state index >= 15 is 0 Å². The van der Waals surface area contributed by atoms with E-state index in [2.05, 4.69) is 15.3 Å². The highest BCUT2D eigenvalue weighted by molar-refractivity contribution is 5.71. The molecule has 0 amide bonds. The number of nitrogens with one attached hydrogen (secondary N) is 1. The second kappa shape index (κ2) is 12.2. The minimum atomic E-state index is -0.849. The number of hydrogen-bond acceptors (Lipinski definition) is 10. The van der Waals surface area contributed by atoms with Crippen molar-refractivity contribution in [2.45, 2.75) is 19.3 Å². The van der Waals surface area contributed by atoms with Crippen LogP contribution in [0.4, 0.5) is 28.8 Å². The molecule has 3 rings (SSSR count). The van der Waals surface area contributed by atoms with Crippen LogP contribution >= 0.6 is 0 Å². The van der Waals surface area contributed by atoms with Gasteiger partial charge in [0.2, 0.25) is 5.95 Å². The molecule has 11 heteroatoms. The molecule has 34 heavy (non-hydrogen) atoms. The number of benzene rings is 2. The highest BCUT2D eigenvalue weighted by Gasteiger charge is 2.13. The topological polar surface area (TPSA) is 175 Å². The number of carboxylic acids is 1. The average molecular weight is 468 g/mol. The number of nitrogen functional groups attached to an aromatic ring is 1. The van der Waals surface area contributed by atoms with Crippen molar-refractivity contribution in [1.82, 2.24) is 9.97 Å². The summed E-state index contributed by atoms with van der Waals surface area (Å²) in [4.78, 5) is 19.3. The third-order valence-corrected chi connectivity index (χ3v) is 4.65. The van der Waals surface area contributed by atoms with Crippen LogP contribution < -0.4 is 37.1 Å². The summed E-state index contributed by atoms with van der Waals surface area (Å²) in [6.07, 6.45) is 2.73. The number of aliphatic carboxylic acids is 1. The summed E-state index contributed by atoms with van der Waals surface area (Å²) in [5.41, 5.74) is 13.3. The van der Waals surface area contributed by atoms with Crippen LogP contribution in [0.25, 0.3) is 0 Å². The predicted molar refractivity (Wildman–Crippen MR) is 130 cm³/mol. The molecule has 0 unspecified atom stereocenters. The van der Waals surface area contributed by atoms with Gasteiger partial charge in [0.25, 0.3) is 0 Å². The molecule has 0 fully saturated rings. The molecule has 0 bridgehead atoms. The van der Waals surface area contributed by atoms with Gasteiger partial charge in [0.05, 0.1) is 30.8 Å². The van der Waals surface area contributed by atoms with Gasteiger partial charge in [-0.3, -0.25) is 9.80 Å². The number of nitrogens with zero attached hydrogens (tertiary/aromatic N) is 3. The maximum absolute atomic E-state index is 10.6. The van der Waals surface area contributed by atoms with Crippen LogP contribution in [0.1, 0.15) is 19.3 Å². The number of ether oxygens (including phenoxy) is 2. The van der Waals surface area contributed by atoms with E-state index in [4.69, 9.17) is 31.9 Å². The number of anilines is 5. The lowest BCUT2D eigenvalue weighted by atomic mass is 10.3. The third-order valence-electron chi connectivity index (χ3n) is 4.65. The molecule has 3 aromatic rings. The largest absolute Gasteiger partial charge is 0.494 e. The van der Waals surface area contributed by atoms with E-state index in [1.54, 1.807) is 24.3 Å². The first kappa shape index (κ1) is 24.6. The summed E-state index contributed by atoms with van der Waals surface area (Å²) >= 11 is 0. The van der Waals surface area contributed by atoms with Crippen LogP contribution in [-0.2, 0) is 4.79 Å². The quantitative estimate of drug-likeness (QED) is 0.142. The first-order valence-electron chi connectivity index (χ1n) is 10.8. The molecule has 0 atom stereocenters. The molecule has 0 aliphatic carbocycles. The van der Waals surface area contributed by atoms with E-state index in [0.717, 1.165) is 12.1 Å². The third kappa shape index (κ3) is 7.22. The molecule has 8 N–H and O–H groups in total. The lowest BCUT2D eigenvalue weighted by Gasteiger charge is -2.20. The van der Waals surface area contributed by atoms with Gasteiger partial charge in [0, 0.05) is 18.2 Å². The van der Waals surface area contributed by atoms with Crippen LogP contribution in [0.15, 0.2) is 54.7 Å². The second-order valence-electron chi connectivity index (χ2n) is 7.33. The lowest BCUT2D eigenvalue weighted by Crippen LogP contribution is -2.27. The molecule has 0 spiro atoms. The Balaban J connectivity index is 1.66. The Bertz CT molecular complexity index is 1080. The van der Waals surface area contributed by atoms with Crippen molar-refractivity contribution in [3.63, 3.8) is 0 Å². The Morgan fingerprint density at radius 1 is 1.06 bits per heavy atom. The highest BCUT2D eigenvalue weighted by Crippen LogP contribution is 2.28. The van der Waals surface area contributed by atoms with Gasteiger partial charge in [0.15, 0.2) is 5.82 Å². The first-order valence-corrected chi connectivity index (χ1v) is 10.8. The zero-order valence-corrected chi connectivity index (χ0v) is 18.7. The molecule has 1 aromatic heterocycles. The van der Waals surface area contributed by atoms with Crippen molar-refractivity contribution < 1.29 is 19.4 Å². The maximum Gasteiger partial charge on any atom is 0.303 e. The van der Waals surface area contributed by atoms with Crippen molar-refractivity contribution in [2.24, 2.45) is 11.6 Å². The van der Waals surface area contributed by atoms with Crippen LogP contribution in [0, 0.1) is 0 Å². The van der Waals surface area contributed by atoms with Crippen LogP contribution in [-0.4, -0.2) is 40.8 Å². The molecule has 180 valence electrons. The van der Waals surface area contributed by atoms with Crippen molar-refractivity contribution in [1.29, 1.82) is 0 Å². The minimum absolute atomic E-state index is 0.0591. The van der Waals surface area contributed by atoms with E-state index in [0.29, 0.717) is 60.8 Å². The molecule has 2 aromatic carbocycles. The molecule has 0 aliphatic rings. The zero-order chi connectivity index (χ0) is 24.3. The summed E-state index contributed by atoms with van der Waals surface area (Å²) in [5, 5.41) is 13.2. The van der Waals surface area contributed by atoms with Gasteiger partial charge in [-0.15, -0.1) is 0 Å². The molecule has 1 heterocycles. The molecule has 0 saturated heterocycles. The standard InChI is InChI=1S/C23H29N7O4/c24-11-3-13-34-19-5-1-4-16(14-19)28-23-27-15-20(25)22(29-23)30(26)17-7-9-18(10-8-17)33-12-2-6-21(31)32/h1,4-5,7-10,14-15H,2-3,6,11-13,24-26H2,(H,31,32)(H,27,28,29). The van der Waals surface area contributed by atoms with Crippen LogP contribution in [0.5, 0.6) is 11.5 Å². The number of rotatable bonds is 13. The normalized spacial score (nSPS) is 10.5. The first-order chi connectivity index (χ1) is 16.5. The molecule has 0 aliphatic heterocycles. The number of carboxylic acid groups (broad SMARTS) is 1. The van der Waals surface area contributed by atoms with Gasteiger partial charge in [-0.05, 0) is 55.8 Å². The molecule has 0 saturated carbocycles. The van der Waals surface area contributed by atoms with E-state index in [1.165, 1.54) is 11.2 Å². The number of nitrogens with two attached hydrogens (primary N) is 3. The SMILES string of the molecule is NCCCOc1cccc(Nc2ncc(N)c(N(N)c3ccc(OCCCC(=O)O)cc3)n2)c1. The monoisotopic (exact) mass is 467 g/mol. The fraction of sp³-hybridized carbons (Fsp3) is 0.261. The number of aromatic nitrogens is 2. The van der Waals surface area contributed by atoms with Crippen molar-refractivity contribution in [2.75, 3.05) is 35.8 Å². The Hall–Kier alpha value is -4.09. The Kier molecular flexibility index (Phi) is 8.83. The number of hydrazine groups is 1.